The van der Waals surface area contributed by atoms with Gasteiger partial charge in [0.1, 0.15) is 22.0 Å². The second kappa shape index (κ2) is 11.8. The fourth-order valence-corrected chi connectivity index (χ4v) is 7.83. The van der Waals surface area contributed by atoms with E-state index in [1.165, 1.54) is 23.5 Å². The van der Waals surface area contributed by atoms with Crippen LogP contribution in [0, 0.1) is 10.1 Å². The van der Waals surface area contributed by atoms with Crippen LogP contribution in [0.15, 0.2) is 84.9 Å². The lowest BCUT2D eigenvalue weighted by atomic mass is 9.74. The number of carbonyl (C=O) groups excluding carboxylic acids is 1. The Labute approximate surface area is 277 Å². The Kier molecular flexibility index (Phi) is 7.63. The largest absolute Gasteiger partial charge is 0.456 e. The Bertz CT molecular complexity index is 1960. The van der Waals surface area contributed by atoms with E-state index in [1.54, 1.807) is 17.0 Å². The van der Waals surface area contributed by atoms with Crippen LogP contribution in [0.2, 0.25) is 0 Å². The van der Waals surface area contributed by atoms with Gasteiger partial charge in [0.15, 0.2) is 0 Å². The number of carbonyl (C=O) groups is 1. The molecule has 238 valence electrons. The van der Waals surface area contributed by atoms with Gasteiger partial charge >= 0.3 is 0 Å². The van der Waals surface area contributed by atoms with Gasteiger partial charge in [-0.3, -0.25) is 19.8 Å². The zero-order valence-electron chi connectivity index (χ0n) is 26.6. The topological polar surface area (TPSA) is 105 Å². The van der Waals surface area contributed by atoms with Gasteiger partial charge in [0.25, 0.3) is 11.6 Å². The molecule has 0 radical (unpaired) electrons. The quantitative estimate of drug-likeness (QED) is 0.118. The minimum atomic E-state index is -1.11. The summed E-state index contributed by atoms with van der Waals surface area (Å²) in [6.07, 6.45) is 0. The van der Waals surface area contributed by atoms with Crippen LogP contribution in [0.4, 0.5) is 22.2 Å². The van der Waals surface area contributed by atoms with Crippen LogP contribution in [-0.2, 0) is 5.54 Å². The first-order valence-electron chi connectivity index (χ1n) is 15.8. The van der Waals surface area contributed by atoms with Crippen LogP contribution in [0.1, 0.15) is 54.7 Å². The average molecular weight is 647 g/mol. The van der Waals surface area contributed by atoms with Gasteiger partial charge in [-0.25, -0.2) is 0 Å². The zero-order valence-corrected chi connectivity index (χ0v) is 27.5. The first kappa shape index (κ1) is 30.4. The van der Waals surface area contributed by atoms with E-state index in [9.17, 15) is 14.9 Å². The van der Waals surface area contributed by atoms with Crippen LogP contribution >= 0.6 is 11.3 Å². The van der Waals surface area contributed by atoms with Crippen molar-refractivity contribution in [1.29, 1.82) is 0 Å². The number of hydrogen-bond donors (Lipinski definition) is 0. The van der Waals surface area contributed by atoms with Crippen molar-refractivity contribution < 1.29 is 14.5 Å². The fraction of sp³-hybridized carbons (Fsp3) is 0.250. The molecule has 7 rings (SSSR count). The highest BCUT2D eigenvalue weighted by Crippen LogP contribution is 2.59. The molecule has 0 fully saturated rings. The molecule has 47 heavy (non-hydrogen) atoms. The monoisotopic (exact) mass is 646 g/mol. The van der Waals surface area contributed by atoms with Crippen molar-refractivity contribution in [3.05, 3.63) is 117 Å². The average Bonchev–Trinajstić information content (AvgIpc) is 3.67. The maximum atomic E-state index is 14.6. The number of nitro benzene ring substituents is 1. The molecule has 2 aliphatic heterocycles. The van der Waals surface area contributed by atoms with Crippen LogP contribution in [0.5, 0.6) is 11.5 Å². The summed E-state index contributed by atoms with van der Waals surface area (Å²) < 4.78 is 6.78. The molecule has 0 bridgehead atoms. The SMILES string of the molecule is CCN(CC)c1ccc2c(c1)Oc1cc(N(CC)CC)ccc1C21c2ccccc2C(=O)N1c1nnc(-c2cccc([N+](=O)[O-])c2)s1. The third-order valence-corrected chi connectivity index (χ3v) is 10.1. The molecule has 1 aromatic heterocycles. The minimum absolute atomic E-state index is 0.0410. The van der Waals surface area contributed by atoms with E-state index in [1.807, 2.05) is 24.3 Å². The summed E-state index contributed by atoms with van der Waals surface area (Å²) in [5, 5.41) is 21.4. The van der Waals surface area contributed by atoms with Gasteiger partial charge in [0, 0.05) is 89.6 Å². The van der Waals surface area contributed by atoms with Crippen molar-refractivity contribution in [1.82, 2.24) is 10.2 Å². The lowest BCUT2D eigenvalue weighted by Crippen LogP contribution is -2.47. The Morgan fingerprint density at radius 1 is 0.787 bits per heavy atom. The number of non-ortho nitro benzene ring substituents is 1. The fourth-order valence-electron chi connectivity index (χ4n) is 6.94. The lowest BCUT2D eigenvalue weighted by molar-refractivity contribution is -0.384. The summed E-state index contributed by atoms with van der Waals surface area (Å²) in [5.41, 5.74) is 4.50. The smallest absolute Gasteiger partial charge is 0.270 e. The molecule has 5 aromatic rings. The molecule has 10 nitrogen and oxygen atoms in total. The molecular formula is C36H34N6O4S. The number of nitrogens with zero attached hydrogens (tertiary/aromatic N) is 6. The van der Waals surface area contributed by atoms with Crippen molar-refractivity contribution in [3.63, 3.8) is 0 Å². The Morgan fingerprint density at radius 2 is 1.40 bits per heavy atom. The molecule has 0 atom stereocenters. The number of nitro groups is 1. The lowest BCUT2D eigenvalue weighted by Gasteiger charge is -2.43. The molecule has 0 aliphatic carbocycles. The molecule has 4 aromatic carbocycles. The van der Waals surface area contributed by atoms with Gasteiger partial charge < -0.3 is 14.5 Å². The van der Waals surface area contributed by atoms with Crippen LogP contribution in [-0.4, -0.2) is 47.2 Å². The van der Waals surface area contributed by atoms with Gasteiger partial charge in [0.2, 0.25) is 5.13 Å². The highest BCUT2D eigenvalue weighted by molar-refractivity contribution is 7.18. The third-order valence-electron chi connectivity index (χ3n) is 9.18. The summed E-state index contributed by atoms with van der Waals surface area (Å²) in [4.78, 5) is 32.0. The number of ether oxygens (including phenoxy) is 1. The molecule has 0 unspecified atom stereocenters. The maximum absolute atomic E-state index is 14.6. The summed E-state index contributed by atoms with van der Waals surface area (Å²) in [7, 11) is 0. The maximum Gasteiger partial charge on any atom is 0.270 e. The van der Waals surface area contributed by atoms with E-state index >= 15 is 0 Å². The van der Waals surface area contributed by atoms with E-state index in [2.05, 4.69) is 84.1 Å². The van der Waals surface area contributed by atoms with E-state index in [0.29, 0.717) is 32.8 Å². The van der Waals surface area contributed by atoms with Crippen molar-refractivity contribution in [2.75, 3.05) is 40.9 Å². The van der Waals surface area contributed by atoms with Gasteiger partial charge in [0.05, 0.1) is 4.92 Å². The highest BCUT2D eigenvalue weighted by atomic mass is 32.1. The van der Waals surface area contributed by atoms with E-state index < -0.39 is 10.5 Å². The second-order valence-electron chi connectivity index (χ2n) is 11.4. The zero-order chi connectivity index (χ0) is 32.9. The Balaban J connectivity index is 1.50. The first-order valence-corrected chi connectivity index (χ1v) is 16.7. The molecular weight excluding hydrogens is 613 g/mol. The van der Waals surface area contributed by atoms with E-state index in [-0.39, 0.29) is 11.6 Å². The summed E-state index contributed by atoms with van der Waals surface area (Å²) in [5.74, 6) is 1.12. The number of rotatable bonds is 9. The van der Waals surface area contributed by atoms with Crippen LogP contribution in [0.25, 0.3) is 10.6 Å². The van der Waals surface area contributed by atoms with Crippen LogP contribution in [0.3, 0.4) is 0 Å². The van der Waals surface area contributed by atoms with Crippen LogP contribution < -0.4 is 19.4 Å². The van der Waals surface area contributed by atoms with Gasteiger partial charge in [-0.2, -0.15) is 0 Å². The first-order chi connectivity index (χ1) is 22.8. The summed E-state index contributed by atoms with van der Waals surface area (Å²) in [6.45, 7) is 11.8. The van der Waals surface area contributed by atoms with Crippen molar-refractivity contribution >= 4 is 39.4 Å². The van der Waals surface area contributed by atoms with Crippen molar-refractivity contribution in [2.45, 2.75) is 33.2 Å². The number of anilines is 3. The molecule has 2 aliphatic rings. The molecule has 1 amide bonds. The Hall–Kier alpha value is -5.29. The molecule has 0 saturated carbocycles. The predicted octanol–water partition coefficient (Wildman–Crippen LogP) is 7.86. The number of aromatic nitrogens is 2. The van der Waals surface area contributed by atoms with Gasteiger partial charge in [-0.1, -0.05) is 53.8 Å². The predicted molar refractivity (Wildman–Crippen MR) is 185 cm³/mol. The van der Waals surface area contributed by atoms with E-state index in [0.717, 1.165) is 54.2 Å². The second-order valence-corrected chi connectivity index (χ2v) is 12.4. The van der Waals surface area contributed by atoms with Crippen molar-refractivity contribution in [2.24, 2.45) is 0 Å². The number of fused-ring (bicyclic) bond motifs is 6. The number of amides is 1. The number of benzene rings is 4. The number of hydrogen-bond acceptors (Lipinski definition) is 9. The molecule has 1 spiro atoms. The summed E-state index contributed by atoms with van der Waals surface area (Å²) in [6, 6.07) is 26.4. The normalized spacial score (nSPS) is 14.0. The molecule has 11 heteroatoms. The molecule has 0 saturated heterocycles. The molecule has 0 N–H and O–H groups in total. The standard InChI is InChI=1S/C36H34N6O4S/c1-5-39(6-2)24-16-18-29-31(21-24)46-32-22-25(40(7-3)8-4)17-19-30(32)36(29)28-15-10-9-14-27(28)34(43)41(36)35-38-37-33(47-35)23-12-11-13-26(20-23)42(44)45/h9-22H,5-8H2,1-4H3. The highest BCUT2D eigenvalue weighted by Gasteiger charge is 2.58. The van der Waals surface area contributed by atoms with Gasteiger partial charge in [-0.05, 0) is 45.9 Å². The summed E-state index contributed by atoms with van der Waals surface area (Å²) >= 11 is 1.23. The van der Waals surface area contributed by atoms with Crippen molar-refractivity contribution in [3.8, 4) is 22.1 Å². The van der Waals surface area contributed by atoms with E-state index in [4.69, 9.17) is 4.74 Å². The Morgan fingerprint density at radius 3 is 2.00 bits per heavy atom. The third kappa shape index (κ3) is 4.64. The van der Waals surface area contributed by atoms with Gasteiger partial charge in [-0.15, -0.1) is 10.2 Å². The minimum Gasteiger partial charge on any atom is -0.456 e. The molecule has 3 heterocycles.